The van der Waals surface area contributed by atoms with Crippen molar-refractivity contribution in [2.45, 2.75) is 41.0 Å². The Morgan fingerprint density at radius 2 is 1.88 bits per heavy atom. The molecule has 0 heterocycles. The van der Waals surface area contributed by atoms with Gasteiger partial charge in [-0.2, -0.15) is 0 Å². The van der Waals surface area contributed by atoms with Gasteiger partial charge in [0.25, 0.3) is 5.91 Å². The summed E-state index contributed by atoms with van der Waals surface area (Å²) >= 11 is 0. The first-order chi connectivity index (χ1) is 8.21. The summed E-state index contributed by atoms with van der Waals surface area (Å²) in [5.74, 6) is 0.0625. The topological polar surface area (TPSA) is 20.3 Å². The zero-order valence-corrected chi connectivity index (χ0v) is 12.0. The predicted octanol–water partition coefficient (Wildman–Crippen LogP) is 3.96. The fourth-order valence-electron chi connectivity index (χ4n) is 1.28. The Labute approximate surface area is 107 Å². The monoisotopic (exact) mass is 237 g/mol. The molecule has 0 aromatic carbocycles. The number of hydrogen-bond acceptors (Lipinski definition) is 1. The number of carbonyl (C=O) groups is 1. The van der Waals surface area contributed by atoms with Gasteiger partial charge in [0.05, 0.1) is 0 Å². The average Bonchev–Trinajstić information content (AvgIpc) is 2.38. The van der Waals surface area contributed by atoms with E-state index in [-0.39, 0.29) is 5.91 Å². The quantitative estimate of drug-likeness (QED) is 0.506. The van der Waals surface area contributed by atoms with Crippen LogP contribution in [0.15, 0.2) is 36.5 Å². The zero-order valence-electron chi connectivity index (χ0n) is 12.0. The fourth-order valence-corrected chi connectivity index (χ4v) is 1.28. The largest absolute Gasteiger partial charge is 0.339 e. The number of likely N-dealkylation sites (N-methyl/N-ethyl adjacent to an activating group) is 1. The van der Waals surface area contributed by atoms with Crippen LogP contribution in [0.2, 0.25) is 0 Å². The second-order valence-corrected chi connectivity index (χ2v) is 3.24. The Hall–Kier alpha value is -1.31. The Morgan fingerprint density at radius 3 is 2.24 bits per heavy atom. The normalized spacial score (nSPS) is 10.8. The maximum atomic E-state index is 12.0. The van der Waals surface area contributed by atoms with E-state index in [2.05, 4.69) is 13.5 Å². The van der Waals surface area contributed by atoms with Crippen molar-refractivity contribution in [3.8, 4) is 0 Å². The van der Waals surface area contributed by atoms with Gasteiger partial charge < -0.3 is 4.90 Å². The Morgan fingerprint density at radius 1 is 1.29 bits per heavy atom. The van der Waals surface area contributed by atoms with E-state index in [1.54, 1.807) is 12.2 Å². The smallest absolute Gasteiger partial charge is 0.253 e. The fraction of sp³-hybridized carbons (Fsp3) is 0.533. The van der Waals surface area contributed by atoms with Crippen LogP contribution in [0.4, 0.5) is 0 Å². The number of hydrogen-bond donors (Lipinski definition) is 0. The van der Waals surface area contributed by atoms with Gasteiger partial charge in [0, 0.05) is 18.7 Å². The highest BCUT2D eigenvalue weighted by Crippen LogP contribution is 2.04. The van der Waals surface area contributed by atoms with Gasteiger partial charge >= 0.3 is 0 Å². The first-order valence-electron chi connectivity index (χ1n) is 6.45. The van der Waals surface area contributed by atoms with Crippen LogP contribution in [0, 0.1) is 0 Å². The van der Waals surface area contributed by atoms with Crippen LogP contribution in [0.3, 0.4) is 0 Å². The SMILES string of the molecule is C=C/C(=C\C=C/C)C(=O)N(CC)CCC.CC. The first-order valence-corrected chi connectivity index (χ1v) is 6.45. The van der Waals surface area contributed by atoms with Crippen molar-refractivity contribution < 1.29 is 4.79 Å². The summed E-state index contributed by atoms with van der Waals surface area (Å²) in [6.45, 7) is 15.2. The van der Waals surface area contributed by atoms with Gasteiger partial charge in [-0.05, 0) is 26.3 Å². The molecule has 0 fully saturated rings. The summed E-state index contributed by atoms with van der Waals surface area (Å²) in [6.07, 6.45) is 8.14. The number of allylic oxidation sites excluding steroid dienone is 3. The minimum absolute atomic E-state index is 0.0625. The van der Waals surface area contributed by atoms with Crippen LogP contribution < -0.4 is 0 Å². The third kappa shape index (κ3) is 7.56. The molecular formula is C15H27NO. The maximum absolute atomic E-state index is 12.0. The van der Waals surface area contributed by atoms with E-state index >= 15 is 0 Å². The summed E-state index contributed by atoms with van der Waals surface area (Å²) in [5.41, 5.74) is 0.656. The van der Waals surface area contributed by atoms with Crippen molar-refractivity contribution in [3.63, 3.8) is 0 Å². The van der Waals surface area contributed by atoms with Gasteiger partial charge in [-0.1, -0.05) is 45.6 Å². The molecule has 0 aliphatic carbocycles. The summed E-state index contributed by atoms with van der Waals surface area (Å²) in [5, 5.41) is 0. The molecule has 0 aromatic heterocycles. The molecule has 0 N–H and O–H groups in total. The van der Waals surface area contributed by atoms with Crippen LogP contribution in [0.25, 0.3) is 0 Å². The molecule has 0 saturated carbocycles. The molecule has 2 heteroatoms. The minimum Gasteiger partial charge on any atom is -0.339 e. The van der Waals surface area contributed by atoms with Crippen LogP contribution in [-0.2, 0) is 4.79 Å². The molecule has 98 valence electrons. The molecule has 0 aromatic rings. The van der Waals surface area contributed by atoms with Crippen LogP contribution in [-0.4, -0.2) is 23.9 Å². The summed E-state index contributed by atoms with van der Waals surface area (Å²) in [4.78, 5) is 13.8. The van der Waals surface area contributed by atoms with Crippen molar-refractivity contribution in [2.24, 2.45) is 0 Å². The van der Waals surface area contributed by atoms with Crippen molar-refractivity contribution in [3.05, 3.63) is 36.5 Å². The molecule has 0 saturated heterocycles. The van der Waals surface area contributed by atoms with Gasteiger partial charge in [-0.15, -0.1) is 0 Å². The van der Waals surface area contributed by atoms with E-state index in [9.17, 15) is 4.79 Å². The molecule has 0 atom stereocenters. The molecule has 0 aliphatic rings. The third-order valence-electron chi connectivity index (χ3n) is 2.10. The molecule has 0 radical (unpaired) electrons. The van der Waals surface area contributed by atoms with Crippen molar-refractivity contribution in [1.82, 2.24) is 4.90 Å². The molecule has 0 unspecified atom stereocenters. The molecule has 0 bridgehead atoms. The van der Waals surface area contributed by atoms with E-state index < -0.39 is 0 Å². The number of amides is 1. The van der Waals surface area contributed by atoms with Crippen molar-refractivity contribution >= 4 is 5.91 Å². The molecule has 17 heavy (non-hydrogen) atoms. The Kier molecular flexibility index (Phi) is 13.6. The number of carbonyl (C=O) groups excluding carboxylic acids is 1. The lowest BCUT2D eigenvalue weighted by molar-refractivity contribution is -0.126. The summed E-state index contributed by atoms with van der Waals surface area (Å²) in [7, 11) is 0. The van der Waals surface area contributed by atoms with E-state index in [1.807, 2.05) is 44.7 Å². The highest BCUT2D eigenvalue weighted by molar-refractivity contribution is 5.96. The van der Waals surface area contributed by atoms with Gasteiger partial charge in [0.15, 0.2) is 0 Å². The molecule has 0 spiro atoms. The van der Waals surface area contributed by atoms with Crippen molar-refractivity contribution in [2.75, 3.05) is 13.1 Å². The highest BCUT2D eigenvalue weighted by Gasteiger charge is 2.12. The molecule has 0 rings (SSSR count). The number of rotatable bonds is 6. The molecule has 0 aliphatic heterocycles. The minimum atomic E-state index is 0.0625. The van der Waals surface area contributed by atoms with Crippen LogP contribution >= 0.6 is 0 Å². The lowest BCUT2D eigenvalue weighted by Gasteiger charge is -2.20. The molecule has 1 amide bonds. The first kappa shape index (κ1) is 18.1. The van der Waals surface area contributed by atoms with Crippen LogP contribution in [0.1, 0.15) is 41.0 Å². The third-order valence-corrected chi connectivity index (χ3v) is 2.10. The predicted molar refractivity (Wildman–Crippen MR) is 77.0 cm³/mol. The Balaban J connectivity index is 0. The Bertz CT molecular complexity index is 264. The molecular weight excluding hydrogens is 210 g/mol. The average molecular weight is 237 g/mol. The van der Waals surface area contributed by atoms with Crippen LogP contribution in [0.5, 0.6) is 0 Å². The van der Waals surface area contributed by atoms with E-state index in [0.29, 0.717) is 5.57 Å². The van der Waals surface area contributed by atoms with Crippen molar-refractivity contribution in [1.29, 1.82) is 0 Å². The lowest BCUT2D eigenvalue weighted by Crippen LogP contribution is -2.32. The molecule has 2 nitrogen and oxygen atoms in total. The van der Waals surface area contributed by atoms with Gasteiger partial charge in [-0.25, -0.2) is 0 Å². The van der Waals surface area contributed by atoms with Gasteiger partial charge in [0.1, 0.15) is 0 Å². The maximum Gasteiger partial charge on any atom is 0.253 e. The second kappa shape index (κ2) is 12.8. The van der Waals surface area contributed by atoms with E-state index in [0.717, 1.165) is 19.5 Å². The van der Waals surface area contributed by atoms with E-state index in [4.69, 9.17) is 0 Å². The standard InChI is InChI=1S/C13H21NO.C2H6/c1-5-9-10-12(7-3)13(15)14(8-4)11-6-2;1-2/h5,7,9-10H,3,6,8,11H2,1-2,4H3;1-2H3/b9-5-,12-10+;. The highest BCUT2D eigenvalue weighted by atomic mass is 16.2. The number of nitrogens with zero attached hydrogens (tertiary/aromatic N) is 1. The second-order valence-electron chi connectivity index (χ2n) is 3.24. The summed E-state index contributed by atoms with van der Waals surface area (Å²) in [6, 6.07) is 0. The lowest BCUT2D eigenvalue weighted by atomic mass is 10.2. The zero-order chi connectivity index (χ0) is 13.7. The van der Waals surface area contributed by atoms with Gasteiger partial charge in [-0.3, -0.25) is 4.79 Å². The van der Waals surface area contributed by atoms with E-state index in [1.165, 1.54) is 0 Å². The van der Waals surface area contributed by atoms with Gasteiger partial charge in [0.2, 0.25) is 0 Å². The summed E-state index contributed by atoms with van der Waals surface area (Å²) < 4.78 is 0.